The molecule has 0 aliphatic heterocycles. The number of aliphatic carboxylic acids is 1. The van der Waals surface area contributed by atoms with Gasteiger partial charge in [0.2, 0.25) is 0 Å². The molecule has 0 amide bonds. The highest BCUT2D eigenvalue weighted by Gasteiger charge is 2.13. The molecule has 1 N–H and O–H groups in total. The fourth-order valence-corrected chi connectivity index (χ4v) is 1.90. The molecule has 0 unspecified atom stereocenters. The number of carbonyl (C=O) groups is 1. The molecule has 4 nitrogen and oxygen atoms in total. The molecule has 0 bridgehead atoms. The molecule has 0 atom stereocenters. The summed E-state index contributed by atoms with van der Waals surface area (Å²) < 4.78 is 4.76. The Morgan fingerprint density at radius 2 is 2.50 bits per heavy atom. The fourth-order valence-electron chi connectivity index (χ4n) is 1.16. The lowest BCUT2D eigenvalue weighted by Crippen LogP contribution is -1.99. The zero-order valence-corrected chi connectivity index (χ0v) is 7.95. The minimum Gasteiger partial charge on any atom is -0.481 e. The summed E-state index contributed by atoms with van der Waals surface area (Å²) in [5.41, 5.74) is 1.24. The summed E-state index contributed by atoms with van der Waals surface area (Å²) in [5, 5.41) is 14.3. The number of hydrogen-bond acceptors (Lipinski definition) is 4. The van der Waals surface area contributed by atoms with E-state index in [9.17, 15) is 4.79 Å². The predicted molar refractivity (Wildman–Crippen MR) is 51.2 cm³/mol. The first-order valence-electron chi connectivity index (χ1n) is 3.96. The number of thiophene rings is 1. The predicted octanol–water partition coefficient (Wildman–Crippen LogP) is 2.03. The van der Waals surface area contributed by atoms with Crippen molar-refractivity contribution >= 4 is 17.3 Å². The highest BCUT2D eigenvalue weighted by atomic mass is 32.1. The third-order valence-corrected chi connectivity index (χ3v) is 2.62. The number of hydrogen-bond donors (Lipinski definition) is 1. The first-order valence-corrected chi connectivity index (χ1v) is 4.84. The SMILES string of the molecule is O=C(O)Cc1conc1-c1cccs1. The molecule has 2 heterocycles. The Kier molecular flexibility index (Phi) is 2.32. The second-order valence-corrected chi connectivity index (χ2v) is 3.68. The van der Waals surface area contributed by atoms with Gasteiger partial charge in [-0.15, -0.1) is 11.3 Å². The molecule has 2 aromatic heterocycles. The first-order chi connectivity index (χ1) is 6.77. The van der Waals surface area contributed by atoms with Crippen LogP contribution in [0.3, 0.4) is 0 Å². The summed E-state index contributed by atoms with van der Waals surface area (Å²) in [6.07, 6.45) is 1.32. The summed E-state index contributed by atoms with van der Waals surface area (Å²) in [7, 11) is 0. The van der Waals surface area contributed by atoms with Gasteiger partial charge in [-0.3, -0.25) is 4.79 Å². The minimum absolute atomic E-state index is 0.0588. The molecule has 72 valence electrons. The smallest absolute Gasteiger partial charge is 0.308 e. The van der Waals surface area contributed by atoms with Crippen molar-refractivity contribution in [3.05, 3.63) is 29.3 Å². The van der Waals surface area contributed by atoms with Gasteiger partial charge in [-0.2, -0.15) is 0 Å². The molecule has 5 heteroatoms. The van der Waals surface area contributed by atoms with Gasteiger partial charge < -0.3 is 9.63 Å². The maximum atomic E-state index is 10.5. The monoisotopic (exact) mass is 209 g/mol. The van der Waals surface area contributed by atoms with Crippen molar-refractivity contribution in [3.63, 3.8) is 0 Å². The van der Waals surface area contributed by atoms with E-state index in [2.05, 4.69) is 5.16 Å². The summed E-state index contributed by atoms with van der Waals surface area (Å²) in [6, 6.07) is 3.77. The maximum Gasteiger partial charge on any atom is 0.308 e. The van der Waals surface area contributed by atoms with E-state index >= 15 is 0 Å². The van der Waals surface area contributed by atoms with Crippen molar-refractivity contribution in [2.24, 2.45) is 0 Å². The van der Waals surface area contributed by atoms with Crippen LogP contribution in [-0.4, -0.2) is 16.2 Å². The Morgan fingerprint density at radius 3 is 3.14 bits per heavy atom. The molecule has 0 aliphatic rings. The van der Waals surface area contributed by atoms with Gasteiger partial charge >= 0.3 is 5.97 Å². The molecule has 2 aromatic rings. The molecular formula is C9H7NO3S. The molecule has 0 radical (unpaired) electrons. The van der Waals surface area contributed by atoms with Crippen molar-refractivity contribution in [1.29, 1.82) is 0 Å². The van der Waals surface area contributed by atoms with Crippen LogP contribution >= 0.6 is 11.3 Å². The lowest BCUT2D eigenvalue weighted by atomic mass is 10.1. The van der Waals surface area contributed by atoms with E-state index in [-0.39, 0.29) is 6.42 Å². The quantitative estimate of drug-likeness (QED) is 0.840. The van der Waals surface area contributed by atoms with Gasteiger partial charge in [0.25, 0.3) is 0 Å². The van der Waals surface area contributed by atoms with Crippen LogP contribution in [0, 0.1) is 0 Å². The third kappa shape index (κ3) is 1.67. The zero-order chi connectivity index (χ0) is 9.97. The van der Waals surface area contributed by atoms with Crippen molar-refractivity contribution in [1.82, 2.24) is 5.16 Å². The van der Waals surface area contributed by atoms with E-state index in [0.717, 1.165) is 4.88 Å². The van der Waals surface area contributed by atoms with Gasteiger partial charge in [0, 0.05) is 5.56 Å². The average molecular weight is 209 g/mol. The van der Waals surface area contributed by atoms with Gasteiger partial charge in [-0.25, -0.2) is 0 Å². The lowest BCUT2D eigenvalue weighted by Gasteiger charge is -1.93. The average Bonchev–Trinajstić information content (AvgIpc) is 2.70. The molecule has 0 saturated heterocycles. The topological polar surface area (TPSA) is 63.3 Å². The van der Waals surface area contributed by atoms with E-state index in [1.54, 1.807) is 0 Å². The Balaban J connectivity index is 2.35. The second kappa shape index (κ2) is 3.63. The van der Waals surface area contributed by atoms with Crippen molar-refractivity contribution in [3.8, 4) is 10.6 Å². The molecule has 0 spiro atoms. The van der Waals surface area contributed by atoms with E-state index in [4.69, 9.17) is 9.63 Å². The Hall–Kier alpha value is -1.62. The van der Waals surface area contributed by atoms with Crippen LogP contribution in [0.4, 0.5) is 0 Å². The normalized spacial score (nSPS) is 10.3. The number of rotatable bonds is 3. The standard InChI is InChI=1S/C9H7NO3S/c11-8(12)4-6-5-13-10-9(6)7-2-1-3-14-7/h1-3,5H,4H2,(H,11,12). The van der Waals surface area contributed by atoms with E-state index in [1.165, 1.54) is 17.6 Å². The Labute approximate surface area is 83.8 Å². The summed E-state index contributed by atoms with van der Waals surface area (Å²) >= 11 is 1.51. The number of carboxylic acid groups (broad SMARTS) is 1. The first kappa shape index (κ1) is 8.96. The summed E-state index contributed by atoms with van der Waals surface area (Å²) in [6.45, 7) is 0. The highest BCUT2D eigenvalue weighted by molar-refractivity contribution is 7.13. The Morgan fingerprint density at radius 1 is 1.64 bits per heavy atom. The highest BCUT2D eigenvalue weighted by Crippen LogP contribution is 2.26. The minimum atomic E-state index is -0.883. The second-order valence-electron chi connectivity index (χ2n) is 2.74. The van der Waals surface area contributed by atoms with Gasteiger partial charge in [0.1, 0.15) is 12.0 Å². The van der Waals surface area contributed by atoms with Gasteiger partial charge in [-0.05, 0) is 11.4 Å². The van der Waals surface area contributed by atoms with Crippen molar-refractivity contribution < 1.29 is 14.4 Å². The van der Waals surface area contributed by atoms with Crippen molar-refractivity contribution in [2.75, 3.05) is 0 Å². The van der Waals surface area contributed by atoms with Crippen LogP contribution in [0.2, 0.25) is 0 Å². The Bertz CT molecular complexity index is 433. The van der Waals surface area contributed by atoms with Crippen LogP contribution in [-0.2, 0) is 11.2 Å². The largest absolute Gasteiger partial charge is 0.481 e. The van der Waals surface area contributed by atoms with Gasteiger partial charge in [0.15, 0.2) is 0 Å². The van der Waals surface area contributed by atoms with E-state index < -0.39 is 5.97 Å². The van der Waals surface area contributed by atoms with Crippen LogP contribution < -0.4 is 0 Å². The van der Waals surface area contributed by atoms with Crippen LogP contribution in [0.15, 0.2) is 28.3 Å². The molecule has 0 fully saturated rings. The molecule has 0 saturated carbocycles. The zero-order valence-electron chi connectivity index (χ0n) is 7.14. The molecule has 14 heavy (non-hydrogen) atoms. The number of aromatic nitrogens is 1. The van der Waals surface area contributed by atoms with Gasteiger partial charge in [-0.1, -0.05) is 11.2 Å². The van der Waals surface area contributed by atoms with Gasteiger partial charge in [0.05, 0.1) is 11.3 Å². The molecule has 0 aliphatic carbocycles. The number of carboxylic acids is 1. The molecule has 2 rings (SSSR count). The third-order valence-electron chi connectivity index (χ3n) is 1.74. The fraction of sp³-hybridized carbons (Fsp3) is 0.111. The number of nitrogens with zero attached hydrogens (tertiary/aromatic N) is 1. The molecule has 0 aromatic carbocycles. The lowest BCUT2D eigenvalue weighted by molar-refractivity contribution is -0.136. The molecular weight excluding hydrogens is 202 g/mol. The van der Waals surface area contributed by atoms with Crippen LogP contribution in [0.25, 0.3) is 10.6 Å². The maximum absolute atomic E-state index is 10.5. The van der Waals surface area contributed by atoms with Crippen LogP contribution in [0.1, 0.15) is 5.56 Å². The van der Waals surface area contributed by atoms with Crippen molar-refractivity contribution in [2.45, 2.75) is 6.42 Å². The summed E-state index contributed by atoms with van der Waals surface area (Å²) in [5.74, 6) is -0.883. The van der Waals surface area contributed by atoms with E-state index in [0.29, 0.717) is 11.3 Å². The summed E-state index contributed by atoms with van der Waals surface area (Å²) in [4.78, 5) is 11.4. The van der Waals surface area contributed by atoms with E-state index in [1.807, 2.05) is 17.5 Å². The van der Waals surface area contributed by atoms with Crippen LogP contribution in [0.5, 0.6) is 0 Å².